The first-order chi connectivity index (χ1) is 17.6. The van der Waals surface area contributed by atoms with E-state index in [1.807, 2.05) is 36.4 Å². The van der Waals surface area contributed by atoms with Crippen molar-refractivity contribution in [3.05, 3.63) is 90.0 Å². The van der Waals surface area contributed by atoms with Crippen LogP contribution in [0.15, 0.2) is 93.8 Å². The molecule has 5 N–H and O–H groups in total. The van der Waals surface area contributed by atoms with Crippen LogP contribution in [0.5, 0.6) is 11.5 Å². The molecule has 4 aromatic rings. The summed E-state index contributed by atoms with van der Waals surface area (Å²) in [5.74, 6) is -0.412. The second-order valence-electron chi connectivity index (χ2n) is 8.12. The molecule has 1 amide bonds. The van der Waals surface area contributed by atoms with Crippen LogP contribution in [0, 0.1) is 0 Å². The highest BCUT2D eigenvalue weighted by Crippen LogP contribution is 2.32. The third kappa shape index (κ3) is 6.64. The number of para-hydroxylation sites is 1. The Morgan fingerprint density at radius 3 is 2.49 bits per heavy atom. The molecule has 0 spiro atoms. The molecule has 0 saturated carbocycles. The van der Waals surface area contributed by atoms with Gasteiger partial charge in [0, 0.05) is 23.0 Å². The molecule has 9 nitrogen and oxygen atoms in total. The van der Waals surface area contributed by atoms with Crippen molar-refractivity contribution in [3.8, 4) is 11.5 Å². The average Bonchev–Trinajstić information content (AvgIpc) is 2.86. The lowest BCUT2D eigenvalue weighted by Gasteiger charge is -2.13. The van der Waals surface area contributed by atoms with Gasteiger partial charge in [0.2, 0.25) is 0 Å². The van der Waals surface area contributed by atoms with Crippen LogP contribution < -0.4 is 16.2 Å². The quantitative estimate of drug-likeness (QED) is 0.173. The number of carbonyl (C=O) groups excluding carboxylic acids is 1. The molecule has 0 saturated heterocycles. The van der Waals surface area contributed by atoms with Gasteiger partial charge < -0.3 is 21.3 Å². The number of aromatic nitrogens is 1. The lowest BCUT2D eigenvalue weighted by atomic mass is 10.1. The molecular formula is C26H24N4O5S2. The van der Waals surface area contributed by atoms with Crippen LogP contribution >= 0.6 is 11.8 Å². The topological polar surface area (TPSA) is 158 Å². The third-order valence-corrected chi connectivity index (χ3v) is 7.40. The summed E-state index contributed by atoms with van der Waals surface area (Å²) in [5, 5.41) is 12.5. The summed E-state index contributed by atoms with van der Waals surface area (Å²) in [6.07, 6.45) is 0.255. The molecule has 1 atom stereocenters. The number of pyridine rings is 1. The summed E-state index contributed by atoms with van der Waals surface area (Å²) in [4.78, 5) is 19.9. The lowest BCUT2D eigenvalue weighted by Crippen LogP contribution is -2.24. The number of hydrogen-bond donors (Lipinski definition) is 3. The number of sulfone groups is 1. The maximum atomic E-state index is 12.3. The number of benzene rings is 3. The normalized spacial score (nSPS) is 12.2. The molecule has 0 fully saturated rings. The van der Waals surface area contributed by atoms with E-state index in [-0.39, 0.29) is 16.2 Å². The van der Waals surface area contributed by atoms with Crippen molar-refractivity contribution in [2.75, 3.05) is 12.0 Å². The van der Waals surface area contributed by atoms with E-state index in [4.69, 9.17) is 16.2 Å². The van der Waals surface area contributed by atoms with Crippen molar-refractivity contribution in [1.82, 2.24) is 4.98 Å². The number of hydrogen-bond acceptors (Lipinski definition) is 7. The van der Waals surface area contributed by atoms with Gasteiger partial charge >= 0.3 is 0 Å². The zero-order chi connectivity index (χ0) is 26.6. The first-order valence-electron chi connectivity index (χ1n) is 11.0. The van der Waals surface area contributed by atoms with Gasteiger partial charge in [0.15, 0.2) is 15.8 Å². The minimum absolute atomic E-state index is 0.00181. The minimum Gasteiger partial charge on any atom is -0.456 e. The van der Waals surface area contributed by atoms with E-state index < -0.39 is 27.8 Å². The predicted molar refractivity (Wildman–Crippen MR) is 144 cm³/mol. The van der Waals surface area contributed by atoms with Crippen LogP contribution in [0.2, 0.25) is 0 Å². The van der Waals surface area contributed by atoms with Gasteiger partial charge in [0.1, 0.15) is 16.4 Å². The van der Waals surface area contributed by atoms with Gasteiger partial charge in [-0.05, 0) is 48.0 Å². The fourth-order valence-electron chi connectivity index (χ4n) is 3.47. The zero-order valence-electron chi connectivity index (χ0n) is 19.7. The molecule has 0 aliphatic rings. The van der Waals surface area contributed by atoms with Crippen molar-refractivity contribution in [3.63, 3.8) is 0 Å². The Bertz CT molecular complexity index is 1580. The van der Waals surface area contributed by atoms with Gasteiger partial charge in [-0.3, -0.25) is 4.79 Å². The van der Waals surface area contributed by atoms with Gasteiger partial charge in [-0.25, -0.2) is 13.4 Å². The Morgan fingerprint density at radius 2 is 1.78 bits per heavy atom. The lowest BCUT2D eigenvalue weighted by molar-refractivity contribution is 0.100. The Balaban J connectivity index is 1.46. The predicted octanol–water partition coefficient (Wildman–Crippen LogP) is 3.67. The number of guanidine groups is 1. The number of nitrogens with zero attached hydrogens (tertiary/aromatic N) is 2. The highest BCUT2D eigenvalue weighted by molar-refractivity contribution is 7.99. The molecule has 37 heavy (non-hydrogen) atoms. The summed E-state index contributed by atoms with van der Waals surface area (Å²) in [5.41, 5.74) is 12.0. The molecule has 1 aromatic heterocycles. The van der Waals surface area contributed by atoms with E-state index >= 15 is 0 Å². The van der Waals surface area contributed by atoms with E-state index in [9.17, 15) is 18.3 Å². The van der Waals surface area contributed by atoms with E-state index in [0.29, 0.717) is 17.1 Å². The number of aliphatic hydroxyl groups excluding tert-OH is 1. The Hall–Kier alpha value is -3.93. The monoisotopic (exact) mass is 536 g/mol. The average molecular weight is 537 g/mol. The van der Waals surface area contributed by atoms with Crippen molar-refractivity contribution < 1.29 is 23.1 Å². The maximum absolute atomic E-state index is 12.3. The molecule has 0 aliphatic heterocycles. The molecular weight excluding hydrogens is 512 g/mol. The third-order valence-electron chi connectivity index (χ3n) is 5.28. The Labute approximate surface area is 218 Å². The second-order valence-corrected chi connectivity index (χ2v) is 11.1. The minimum atomic E-state index is -3.74. The molecule has 11 heteroatoms. The Kier molecular flexibility index (Phi) is 7.77. The highest BCUT2D eigenvalue weighted by atomic mass is 32.2. The largest absolute Gasteiger partial charge is 0.456 e. The molecule has 1 unspecified atom stereocenters. The summed E-state index contributed by atoms with van der Waals surface area (Å²) in [6.45, 7) is 0. The molecule has 0 radical (unpaired) electrons. The van der Waals surface area contributed by atoms with Crippen LogP contribution in [0.25, 0.3) is 10.9 Å². The van der Waals surface area contributed by atoms with Gasteiger partial charge in [-0.1, -0.05) is 36.4 Å². The van der Waals surface area contributed by atoms with Crippen LogP contribution in [0.4, 0.5) is 0 Å². The summed E-state index contributed by atoms with van der Waals surface area (Å²) < 4.78 is 30.4. The van der Waals surface area contributed by atoms with Crippen LogP contribution in [0.3, 0.4) is 0 Å². The summed E-state index contributed by atoms with van der Waals surface area (Å²) in [6, 6.07) is 22.3. The number of thioether (sulfide) groups is 1. The van der Waals surface area contributed by atoms with Crippen molar-refractivity contribution in [2.24, 2.45) is 16.5 Å². The fraction of sp³-hybridized carbons (Fsp3) is 0.115. The first-order valence-corrected chi connectivity index (χ1v) is 13.9. The van der Waals surface area contributed by atoms with Gasteiger partial charge in [-0.15, -0.1) is 11.8 Å². The number of rotatable bonds is 8. The SMILES string of the molecule is CS(=O)(=O)c1cc(C(=O)N=C(N)N)ccc1Oc1ccc(C(O)CSc2ccc3ccccc3n2)cc1. The van der Waals surface area contributed by atoms with Crippen molar-refractivity contribution >= 4 is 44.4 Å². The van der Waals surface area contributed by atoms with Gasteiger partial charge in [-0.2, -0.15) is 4.99 Å². The standard InChI is InChI=1S/C26H24N4O5S2/c1-37(33,34)23-14-18(25(32)30-26(27)28)8-12-22(23)35-19-10-6-17(7-11-19)21(31)15-36-24-13-9-16-4-2-3-5-20(16)29-24/h2-14,21,31H,15H2,1H3,(H4,27,28,30,32). The zero-order valence-corrected chi connectivity index (χ0v) is 21.4. The maximum Gasteiger partial charge on any atom is 0.280 e. The van der Waals surface area contributed by atoms with E-state index in [2.05, 4.69) is 9.98 Å². The number of nitrogens with two attached hydrogens (primary N) is 2. The molecule has 190 valence electrons. The number of ether oxygens (including phenoxy) is 1. The molecule has 0 aliphatic carbocycles. The van der Waals surface area contributed by atoms with Crippen LogP contribution in [-0.4, -0.2) is 42.4 Å². The van der Waals surface area contributed by atoms with E-state index in [1.54, 1.807) is 24.3 Å². The highest BCUT2D eigenvalue weighted by Gasteiger charge is 2.19. The van der Waals surface area contributed by atoms with Crippen molar-refractivity contribution in [1.29, 1.82) is 0 Å². The first kappa shape index (κ1) is 26.1. The number of carbonyl (C=O) groups is 1. The van der Waals surface area contributed by atoms with Crippen LogP contribution in [-0.2, 0) is 9.84 Å². The fourth-order valence-corrected chi connectivity index (χ4v) is 5.13. The van der Waals surface area contributed by atoms with Crippen molar-refractivity contribution in [2.45, 2.75) is 16.0 Å². The molecule has 4 rings (SSSR count). The molecule has 0 bridgehead atoms. The molecule has 1 heterocycles. The number of aliphatic imine (C=N–C) groups is 1. The van der Waals surface area contributed by atoms with E-state index in [0.717, 1.165) is 28.3 Å². The van der Waals surface area contributed by atoms with Gasteiger partial charge in [0.25, 0.3) is 5.91 Å². The summed E-state index contributed by atoms with van der Waals surface area (Å²) >= 11 is 1.45. The number of fused-ring (bicyclic) bond motifs is 1. The van der Waals surface area contributed by atoms with E-state index in [1.165, 1.54) is 23.9 Å². The molecule has 3 aromatic carbocycles. The Morgan fingerprint density at radius 1 is 1.05 bits per heavy atom. The number of amides is 1. The second kappa shape index (κ2) is 11.0. The number of aliphatic hydroxyl groups is 1. The smallest absolute Gasteiger partial charge is 0.280 e. The summed E-state index contributed by atoms with van der Waals surface area (Å²) in [7, 11) is -3.74. The van der Waals surface area contributed by atoms with Gasteiger partial charge in [0.05, 0.1) is 16.6 Å². The van der Waals surface area contributed by atoms with Crippen LogP contribution in [0.1, 0.15) is 22.0 Å².